The highest BCUT2D eigenvalue weighted by Crippen LogP contribution is 2.25. The van der Waals surface area contributed by atoms with Crippen molar-refractivity contribution in [2.24, 2.45) is 0 Å². The molecule has 1 N–H and O–H groups in total. The predicted octanol–water partition coefficient (Wildman–Crippen LogP) is 0.688. The first-order valence-electron chi connectivity index (χ1n) is 7.23. The highest BCUT2D eigenvalue weighted by atomic mass is 35.5. The van der Waals surface area contributed by atoms with E-state index in [9.17, 15) is 4.79 Å². The van der Waals surface area contributed by atoms with Crippen molar-refractivity contribution in [3.05, 3.63) is 0 Å². The van der Waals surface area contributed by atoms with E-state index in [1.165, 1.54) is 0 Å². The third-order valence-electron chi connectivity index (χ3n) is 3.82. The van der Waals surface area contributed by atoms with Crippen molar-refractivity contribution in [2.75, 3.05) is 60.7 Å². The molecule has 7 heteroatoms. The van der Waals surface area contributed by atoms with Crippen molar-refractivity contribution in [1.29, 1.82) is 0 Å². The van der Waals surface area contributed by atoms with Gasteiger partial charge in [0.25, 0.3) is 5.91 Å². The number of hydrogen-bond donors (Lipinski definition) is 1. The number of rotatable bonds is 9. The molecule has 0 radical (unpaired) electrons. The van der Waals surface area contributed by atoms with Gasteiger partial charge in [0, 0.05) is 41.0 Å². The summed E-state index contributed by atoms with van der Waals surface area (Å²) in [5.41, 5.74) is -0.675. The summed E-state index contributed by atoms with van der Waals surface area (Å²) in [7, 11) is 4.95. The van der Waals surface area contributed by atoms with Crippen LogP contribution in [0, 0.1) is 0 Å². The zero-order valence-electron chi connectivity index (χ0n) is 13.4. The van der Waals surface area contributed by atoms with Crippen LogP contribution in [0.25, 0.3) is 0 Å². The van der Waals surface area contributed by atoms with Crippen LogP contribution in [0.3, 0.4) is 0 Å². The summed E-state index contributed by atoms with van der Waals surface area (Å²) >= 11 is 0. The van der Waals surface area contributed by atoms with Crippen LogP contribution < -0.4 is 5.32 Å². The molecule has 0 saturated carbocycles. The molecule has 1 aliphatic rings. The number of carbonyl (C=O) groups excluding carboxylic acids is 1. The van der Waals surface area contributed by atoms with Crippen molar-refractivity contribution in [1.82, 2.24) is 10.2 Å². The number of amides is 1. The van der Waals surface area contributed by atoms with Gasteiger partial charge in [0.15, 0.2) is 0 Å². The SMILES string of the molecule is COCCCN(CCOC)C(=O)C1(OC)CCNCC1.Cl. The van der Waals surface area contributed by atoms with Crippen molar-refractivity contribution in [3.8, 4) is 0 Å². The monoisotopic (exact) mass is 324 g/mol. The van der Waals surface area contributed by atoms with Gasteiger partial charge in [0.1, 0.15) is 5.60 Å². The molecule has 0 spiro atoms. The third kappa shape index (κ3) is 6.08. The molecule has 21 heavy (non-hydrogen) atoms. The lowest BCUT2D eigenvalue weighted by Crippen LogP contribution is -2.56. The van der Waals surface area contributed by atoms with Gasteiger partial charge in [-0.25, -0.2) is 0 Å². The van der Waals surface area contributed by atoms with Gasteiger partial charge in [-0.15, -0.1) is 12.4 Å². The van der Waals surface area contributed by atoms with Crippen LogP contribution in [0.15, 0.2) is 0 Å². The molecule has 1 saturated heterocycles. The molecule has 1 rings (SSSR count). The first-order valence-corrected chi connectivity index (χ1v) is 7.23. The van der Waals surface area contributed by atoms with E-state index in [1.54, 1.807) is 21.3 Å². The molecular formula is C14H29ClN2O4. The van der Waals surface area contributed by atoms with Crippen LogP contribution in [0.4, 0.5) is 0 Å². The van der Waals surface area contributed by atoms with Gasteiger partial charge in [0.2, 0.25) is 0 Å². The van der Waals surface area contributed by atoms with Crippen LogP contribution in [0.5, 0.6) is 0 Å². The summed E-state index contributed by atoms with van der Waals surface area (Å²) < 4.78 is 15.8. The minimum atomic E-state index is -0.675. The predicted molar refractivity (Wildman–Crippen MR) is 84.0 cm³/mol. The van der Waals surface area contributed by atoms with Crippen LogP contribution >= 0.6 is 12.4 Å². The van der Waals surface area contributed by atoms with Gasteiger partial charge < -0.3 is 24.4 Å². The summed E-state index contributed by atoms with van der Waals surface area (Å²) in [4.78, 5) is 14.7. The first kappa shape index (κ1) is 20.6. The quantitative estimate of drug-likeness (QED) is 0.632. The Labute approximate surface area is 133 Å². The lowest BCUT2D eigenvalue weighted by atomic mass is 9.90. The third-order valence-corrected chi connectivity index (χ3v) is 3.82. The fraction of sp³-hybridized carbons (Fsp3) is 0.929. The molecule has 0 atom stereocenters. The normalized spacial score (nSPS) is 17.1. The molecule has 0 aromatic carbocycles. The maximum Gasteiger partial charge on any atom is 0.254 e. The van der Waals surface area contributed by atoms with Gasteiger partial charge in [-0.05, 0) is 32.4 Å². The highest BCUT2D eigenvalue weighted by molar-refractivity contribution is 5.85. The molecule has 0 aromatic rings. The molecule has 1 heterocycles. The average molecular weight is 325 g/mol. The van der Waals surface area contributed by atoms with E-state index in [4.69, 9.17) is 14.2 Å². The van der Waals surface area contributed by atoms with E-state index in [0.717, 1.165) is 32.4 Å². The number of halogens is 1. The van der Waals surface area contributed by atoms with Crippen LogP contribution in [-0.4, -0.2) is 77.1 Å². The number of hydrogen-bond acceptors (Lipinski definition) is 5. The number of carbonyl (C=O) groups is 1. The summed E-state index contributed by atoms with van der Waals surface area (Å²) in [5.74, 6) is 0.0784. The van der Waals surface area contributed by atoms with E-state index < -0.39 is 5.60 Å². The van der Waals surface area contributed by atoms with Gasteiger partial charge in [-0.1, -0.05) is 0 Å². The zero-order valence-corrected chi connectivity index (χ0v) is 14.2. The van der Waals surface area contributed by atoms with E-state index >= 15 is 0 Å². The minimum absolute atomic E-state index is 0. The van der Waals surface area contributed by atoms with Crippen molar-refractivity contribution in [2.45, 2.75) is 24.9 Å². The second kappa shape index (κ2) is 11.2. The summed E-state index contributed by atoms with van der Waals surface area (Å²) in [5, 5.41) is 3.27. The Morgan fingerprint density at radius 2 is 1.71 bits per heavy atom. The van der Waals surface area contributed by atoms with Gasteiger partial charge >= 0.3 is 0 Å². The number of nitrogens with one attached hydrogen (secondary N) is 1. The lowest BCUT2D eigenvalue weighted by molar-refractivity contribution is -0.159. The standard InChI is InChI=1S/C14H28N2O4.ClH/c1-18-11-4-9-16(10-12-19-2)13(17)14(20-3)5-7-15-8-6-14;/h15H,4-12H2,1-3H3;1H. The fourth-order valence-electron chi connectivity index (χ4n) is 2.54. The van der Waals surface area contributed by atoms with E-state index in [0.29, 0.717) is 26.3 Å². The summed E-state index contributed by atoms with van der Waals surface area (Å²) in [6, 6.07) is 0. The molecule has 1 fully saturated rings. The molecule has 1 aliphatic heterocycles. The van der Waals surface area contributed by atoms with Crippen LogP contribution in [0.2, 0.25) is 0 Å². The maximum atomic E-state index is 12.8. The fourth-order valence-corrected chi connectivity index (χ4v) is 2.54. The lowest BCUT2D eigenvalue weighted by Gasteiger charge is -2.39. The second-order valence-electron chi connectivity index (χ2n) is 5.08. The van der Waals surface area contributed by atoms with Crippen molar-refractivity contribution < 1.29 is 19.0 Å². The van der Waals surface area contributed by atoms with E-state index in [1.807, 2.05) is 4.90 Å². The topological polar surface area (TPSA) is 60.0 Å². The molecule has 0 aliphatic carbocycles. The molecule has 0 unspecified atom stereocenters. The number of methoxy groups -OCH3 is 3. The summed E-state index contributed by atoms with van der Waals surface area (Å²) in [6.45, 7) is 4.09. The molecular weight excluding hydrogens is 296 g/mol. The van der Waals surface area contributed by atoms with E-state index in [-0.39, 0.29) is 18.3 Å². The highest BCUT2D eigenvalue weighted by Gasteiger charge is 2.42. The Hall–Kier alpha value is -0.400. The van der Waals surface area contributed by atoms with Crippen LogP contribution in [0.1, 0.15) is 19.3 Å². The molecule has 6 nitrogen and oxygen atoms in total. The Bertz CT molecular complexity index is 286. The Morgan fingerprint density at radius 1 is 1.10 bits per heavy atom. The molecule has 1 amide bonds. The second-order valence-corrected chi connectivity index (χ2v) is 5.08. The molecule has 0 bridgehead atoms. The van der Waals surface area contributed by atoms with Crippen molar-refractivity contribution in [3.63, 3.8) is 0 Å². The van der Waals surface area contributed by atoms with Gasteiger partial charge in [0.05, 0.1) is 6.61 Å². The van der Waals surface area contributed by atoms with Crippen LogP contribution in [-0.2, 0) is 19.0 Å². The first-order chi connectivity index (χ1) is 9.70. The van der Waals surface area contributed by atoms with E-state index in [2.05, 4.69) is 5.32 Å². The number of ether oxygens (including phenoxy) is 3. The average Bonchev–Trinajstić information content (AvgIpc) is 2.50. The summed E-state index contributed by atoms with van der Waals surface area (Å²) in [6.07, 6.45) is 2.26. The van der Waals surface area contributed by atoms with Gasteiger partial charge in [-0.2, -0.15) is 0 Å². The molecule has 126 valence electrons. The number of nitrogens with zero attached hydrogens (tertiary/aromatic N) is 1. The van der Waals surface area contributed by atoms with Gasteiger partial charge in [-0.3, -0.25) is 4.79 Å². The maximum absolute atomic E-state index is 12.8. The minimum Gasteiger partial charge on any atom is -0.385 e. The smallest absolute Gasteiger partial charge is 0.254 e. The largest absolute Gasteiger partial charge is 0.385 e. The zero-order chi connectivity index (χ0) is 14.8. The molecule has 0 aromatic heterocycles. The number of piperidine rings is 1. The van der Waals surface area contributed by atoms with Crippen molar-refractivity contribution >= 4 is 18.3 Å². The Balaban J connectivity index is 0.00000400. The Kier molecular flexibility index (Phi) is 11.0. The Morgan fingerprint density at radius 3 is 2.24 bits per heavy atom.